The van der Waals surface area contributed by atoms with Crippen LogP contribution in [0.5, 0.6) is 0 Å². The first kappa shape index (κ1) is 12.2. The Morgan fingerprint density at radius 1 is 1.27 bits per heavy atom. The molecule has 0 heterocycles. The summed E-state index contributed by atoms with van der Waals surface area (Å²) >= 11 is 0. The second kappa shape index (κ2) is 5.89. The van der Waals surface area contributed by atoms with Crippen LogP contribution in [0, 0.1) is 0 Å². The largest absolute Gasteiger partial charge is 0.394 e. The lowest BCUT2D eigenvalue weighted by molar-refractivity contribution is 0.0583. The molecular formula is C13H20O2. The van der Waals surface area contributed by atoms with Gasteiger partial charge in [-0.15, -0.1) is 0 Å². The van der Waals surface area contributed by atoms with Crippen molar-refractivity contribution in [3.8, 4) is 0 Å². The maximum atomic E-state index is 8.68. The van der Waals surface area contributed by atoms with Crippen LogP contribution in [-0.4, -0.2) is 24.9 Å². The highest BCUT2D eigenvalue weighted by Crippen LogP contribution is 2.27. The van der Waals surface area contributed by atoms with Gasteiger partial charge in [-0.25, -0.2) is 0 Å². The Bertz CT molecular complexity index is 271. The normalized spacial score (nSPS) is 14.9. The SMILES string of the molecule is CCC(C)(COCCO)c1ccccc1. The van der Waals surface area contributed by atoms with E-state index in [-0.39, 0.29) is 12.0 Å². The molecule has 0 aromatic heterocycles. The third-order valence-corrected chi connectivity index (χ3v) is 2.91. The van der Waals surface area contributed by atoms with Crippen LogP contribution in [0.2, 0.25) is 0 Å². The average Bonchev–Trinajstić information content (AvgIpc) is 2.30. The van der Waals surface area contributed by atoms with E-state index in [4.69, 9.17) is 9.84 Å². The first-order valence-corrected chi connectivity index (χ1v) is 5.47. The quantitative estimate of drug-likeness (QED) is 0.727. The fraction of sp³-hybridized carbons (Fsp3) is 0.538. The zero-order chi connectivity index (χ0) is 11.1. The van der Waals surface area contributed by atoms with Crippen LogP contribution in [0.25, 0.3) is 0 Å². The molecule has 2 heteroatoms. The third kappa shape index (κ3) is 3.33. The monoisotopic (exact) mass is 208 g/mol. The molecule has 0 fully saturated rings. The van der Waals surface area contributed by atoms with E-state index in [1.165, 1.54) is 5.56 Å². The van der Waals surface area contributed by atoms with Crippen molar-refractivity contribution in [1.82, 2.24) is 0 Å². The fourth-order valence-corrected chi connectivity index (χ4v) is 1.59. The van der Waals surface area contributed by atoms with Gasteiger partial charge in [-0.3, -0.25) is 0 Å². The first-order valence-electron chi connectivity index (χ1n) is 5.47. The molecule has 0 radical (unpaired) electrons. The van der Waals surface area contributed by atoms with Crippen molar-refractivity contribution in [3.05, 3.63) is 35.9 Å². The second-order valence-corrected chi connectivity index (χ2v) is 4.06. The Balaban J connectivity index is 2.67. The van der Waals surface area contributed by atoms with Crippen molar-refractivity contribution in [2.75, 3.05) is 19.8 Å². The third-order valence-electron chi connectivity index (χ3n) is 2.91. The summed E-state index contributed by atoms with van der Waals surface area (Å²) in [5, 5.41) is 8.68. The molecular weight excluding hydrogens is 188 g/mol. The average molecular weight is 208 g/mol. The van der Waals surface area contributed by atoms with Gasteiger partial charge in [0.15, 0.2) is 0 Å². The molecule has 1 aromatic rings. The van der Waals surface area contributed by atoms with Gasteiger partial charge in [0.05, 0.1) is 19.8 Å². The van der Waals surface area contributed by atoms with Gasteiger partial charge in [-0.05, 0) is 12.0 Å². The summed E-state index contributed by atoms with van der Waals surface area (Å²) < 4.78 is 5.44. The molecule has 0 saturated heterocycles. The molecule has 0 aliphatic heterocycles. The molecule has 0 aliphatic rings. The van der Waals surface area contributed by atoms with Gasteiger partial charge in [0.2, 0.25) is 0 Å². The van der Waals surface area contributed by atoms with Gasteiger partial charge in [-0.1, -0.05) is 44.2 Å². The van der Waals surface area contributed by atoms with Crippen LogP contribution in [-0.2, 0) is 10.2 Å². The maximum absolute atomic E-state index is 8.68. The zero-order valence-corrected chi connectivity index (χ0v) is 9.57. The smallest absolute Gasteiger partial charge is 0.0698 e. The minimum Gasteiger partial charge on any atom is -0.394 e. The number of aliphatic hydroxyl groups excluding tert-OH is 1. The van der Waals surface area contributed by atoms with E-state index < -0.39 is 0 Å². The van der Waals surface area contributed by atoms with Gasteiger partial charge in [0.25, 0.3) is 0 Å². The van der Waals surface area contributed by atoms with Gasteiger partial charge >= 0.3 is 0 Å². The van der Waals surface area contributed by atoms with Crippen molar-refractivity contribution in [3.63, 3.8) is 0 Å². The van der Waals surface area contributed by atoms with E-state index in [0.29, 0.717) is 13.2 Å². The van der Waals surface area contributed by atoms with Crippen LogP contribution in [0.3, 0.4) is 0 Å². The summed E-state index contributed by atoms with van der Waals surface area (Å²) in [6.45, 7) is 5.53. The van der Waals surface area contributed by atoms with Crippen LogP contribution in [0.1, 0.15) is 25.8 Å². The van der Waals surface area contributed by atoms with E-state index in [2.05, 4.69) is 38.1 Å². The summed E-state index contributed by atoms with van der Waals surface area (Å²) in [5.41, 5.74) is 1.35. The van der Waals surface area contributed by atoms with E-state index in [0.717, 1.165) is 6.42 Å². The number of rotatable bonds is 6. The Kier molecular flexibility index (Phi) is 4.79. The zero-order valence-electron chi connectivity index (χ0n) is 9.57. The number of hydrogen-bond acceptors (Lipinski definition) is 2. The van der Waals surface area contributed by atoms with E-state index in [1.807, 2.05) is 6.07 Å². The molecule has 0 saturated carbocycles. The topological polar surface area (TPSA) is 29.5 Å². The van der Waals surface area contributed by atoms with Crippen LogP contribution in [0.15, 0.2) is 30.3 Å². The summed E-state index contributed by atoms with van der Waals surface area (Å²) in [5.74, 6) is 0. The number of aliphatic hydroxyl groups is 1. The molecule has 1 unspecified atom stereocenters. The Morgan fingerprint density at radius 3 is 2.47 bits per heavy atom. The van der Waals surface area contributed by atoms with Crippen LogP contribution < -0.4 is 0 Å². The standard InChI is InChI=1S/C13H20O2/c1-3-13(2,11-15-10-9-14)12-7-5-4-6-8-12/h4-8,14H,3,9-11H2,1-2H3. The summed E-state index contributed by atoms with van der Waals surface area (Å²) in [6, 6.07) is 10.4. The second-order valence-electron chi connectivity index (χ2n) is 4.06. The van der Waals surface area contributed by atoms with Crippen molar-refractivity contribution < 1.29 is 9.84 Å². The Morgan fingerprint density at radius 2 is 1.93 bits per heavy atom. The van der Waals surface area contributed by atoms with Gasteiger partial charge in [0.1, 0.15) is 0 Å². The first-order chi connectivity index (χ1) is 7.23. The van der Waals surface area contributed by atoms with Crippen LogP contribution in [0.4, 0.5) is 0 Å². The minimum absolute atomic E-state index is 0.0520. The molecule has 1 rings (SSSR count). The lowest BCUT2D eigenvalue weighted by Gasteiger charge is -2.28. The Hall–Kier alpha value is -0.860. The summed E-state index contributed by atoms with van der Waals surface area (Å²) in [7, 11) is 0. The highest BCUT2D eigenvalue weighted by atomic mass is 16.5. The van der Waals surface area contributed by atoms with Crippen molar-refractivity contribution >= 4 is 0 Å². The minimum atomic E-state index is 0.0520. The Labute approximate surface area is 91.9 Å². The molecule has 84 valence electrons. The van der Waals surface area contributed by atoms with E-state index in [1.54, 1.807) is 0 Å². The number of ether oxygens (including phenoxy) is 1. The number of hydrogen-bond donors (Lipinski definition) is 1. The highest BCUT2D eigenvalue weighted by Gasteiger charge is 2.24. The molecule has 0 aliphatic carbocycles. The van der Waals surface area contributed by atoms with E-state index in [9.17, 15) is 0 Å². The van der Waals surface area contributed by atoms with Crippen molar-refractivity contribution in [2.45, 2.75) is 25.7 Å². The predicted molar refractivity (Wildman–Crippen MR) is 62.0 cm³/mol. The fourth-order valence-electron chi connectivity index (χ4n) is 1.59. The van der Waals surface area contributed by atoms with Gasteiger partial charge in [0, 0.05) is 5.41 Å². The predicted octanol–water partition coefficient (Wildman–Crippen LogP) is 2.36. The lowest BCUT2D eigenvalue weighted by atomic mass is 9.81. The van der Waals surface area contributed by atoms with Crippen LogP contribution >= 0.6 is 0 Å². The molecule has 15 heavy (non-hydrogen) atoms. The van der Waals surface area contributed by atoms with E-state index >= 15 is 0 Å². The molecule has 1 aromatic carbocycles. The highest BCUT2D eigenvalue weighted by molar-refractivity contribution is 5.24. The van der Waals surface area contributed by atoms with Gasteiger partial charge in [-0.2, -0.15) is 0 Å². The summed E-state index contributed by atoms with van der Waals surface area (Å²) in [6.07, 6.45) is 1.03. The number of benzene rings is 1. The molecule has 0 bridgehead atoms. The lowest BCUT2D eigenvalue weighted by Crippen LogP contribution is -2.28. The molecule has 0 spiro atoms. The molecule has 2 nitrogen and oxygen atoms in total. The molecule has 1 N–H and O–H groups in total. The van der Waals surface area contributed by atoms with Crippen molar-refractivity contribution in [2.24, 2.45) is 0 Å². The van der Waals surface area contributed by atoms with Crippen molar-refractivity contribution in [1.29, 1.82) is 0 Å². The van der Waals surface area contributed by atoms with Gasteiger partial charge < -0.3 is 9.84 Å². The molecule has 1 atom stereocenters. The maximum Gasteiger partial charge on any atom is 0.0698 e. The molecule has 0 amide bonds. The summed E-state index contributed by atoms with van der Waals surface area (Å²) in [4.78, 5) is 0.